The van der Waals surface area contributed by atoms with Crippen molar-refractivity contribution in [2.75, 3.05) is 12.0 Å². The minimum absolute atomic E-state index is 0.0133. The molecule has 1 amide bonds. The van der Waals surface area contributed by atoms with Gasteiger partial charge >= 0.3 is 0 Å². The minimum atomic E-state index is -0.956. The summed E-state index contributed by atoms with van der Waals surface area (Å²) < 4.78 is 12.0. The minimum Gasteiger partial charge on any atom is -0.503 e. The van der Waals surface area contributed by atoms with Crippen molar-refractivity contribution in [2.45, 2.75) is 42.3 Å². The number of carbonyl (C=O) groups excluding carboxylic acids is 2. The SMILES string of the molecule is COc1cccc2cc(C(=O)C3=C(O)C(=O)N(c4nnc(SCc5cccc6ccccc56)s4)C3c3ccc(C(C)(C)C)cc3)oc12. The summed E-state index contributed by atoms with van der Waals surface area (Å²) in [6.45, 7) is 6.34. The molecule has 4 aromatic carbocycles. The third kappa shape index (κ3) is 5.57. The topological polar surface area (TPSA) is 106 Å². The van der Waals surface area contributed by atoms with E-state index in [9.17, 15) is 14.7 Å². The summed E-state index contributed by atoms with van der Waals surface area (Å²) in [5, 5.41) is 23.4. The average Bonchev–Trinajstić information content (AvgIpc) is 3.79. The van der Waals surface area contributed by atoms with Crippen molar-refractivity contribution in [1.82, 2.24) is 10.2 Å². The quantitative estimate of drug-likeness (QED) is 0.0980. The maximum absolute atomic E-state index is 14.2. The van der Waals surface area contributed by atoms with E-state index in [4.69, 9.17) is 9.15 Å². The molecule has 47 heavy (non-hydrogen) atoms. The fourth-order valence-electron chi connectivity index (χ4n) is 5.87. The number of rotatable bonds is 8. The first-order valence-electron chi connectivity index (χ1n) is 15.1. The Bertz CT molecular complexity index is 2190. The van der Waals surface area contributed by atoms with Crippen LogP contribution < -0.4 is 9.64 Å². The number of ketones is 1. The maximum Gasteiger partial charge on any atom is 0.296 e. The summed E-state index contributed by atoms with van der Waals surface area (Å²) in [4.78, 5) is 29.3. The lowest BCUT2D eigenvalue weighted by Gasteiger charge is -2.25. The standard InChI is InChI=1S/C37H31N3O5S2/c1-37(2,3)25-17-15-22(16-18-25)30-29(31(41)28-19-23-11-8-14-27(44-4)33(23)45-28)32(42)34(43)40(30)35-38-39-36(47-35)46-20-24-12-7-10-21-9-5-6-13-26(21)24/h5-19,30,42H,20H2,1-4H3. The maximum atomic E-state index is 14.2. The molecule has 1 unspecified atom stereocenters. The number of fused-ring (bicyclic) bond motifs is 2. The third-order valence-electron chi connectivity index (χ3n) is 8.33. The van der Waals surface area contributed by atoms with Gasteiger partial charge in [0.2, 0.25) is 10.9 Å². The summed E-state index contributed by atoms with van der Waals surface area (Å²) >= 11 is 2.76. The average molecular weight is 662 g/mol. The highest BCUT2D eigenvalue weighted by Gasteiger charge is 2.47. The lowest BCUT2D eigenvalue weighted by molar-refractivity contribution is -0.117. The molecule has 7 rings (SSSR count). The van der Waals surface area contributed by atoms with Crippen LogP contribution in [-0.2, 0) is 16.0 Å². The number of aromatic nitrogens is 2. The molecule has 236 valence electrons. The van der Waals surface area contributed by atoms with E-state index in [1.807, 2.05) is 42.5 Å². The second kappa shape index (κ2) is 12.0. The van der Waals surface area contributed by atoms with Gasteiger partial charge in [0.15, 0.2) is 27.2 Å². The second-order valence-electron chi connectivity index (χ2n) is 12.3. The van der Waals surface area contributed by atoms with Crippen molar-refractivity contribution in [3.63, 3.8) is 0 Å². The molecule has 0 spiro atoms. The molecule has 0 radical (unpaired) electrons. The van der Waals surface area contributed by atoms with Crippen LogP contribution in [0.15, 0.2) is 111 Å². The fourth-order valence-corrected chi connectivity index (χ4v) is 7.74. The molecule has 1 atom stereocenters. The molecule has 0 bridgehead atoms. The summed E-state index contributed by atoms with van der Waals surface area (Å²) in [6, 6.07) is 28.1. The number of nitrogens with zero attached hydrogens (tertiary/aromatic N) is 3. The number of hydrogen-bond acceptors (Lipinski definition) is 9. The van der Waals surface area contributed by atoms with Gasteiger partial charge in [-0.3, -0.25) is 14.5 Å². The number of benzene rings is 4. The van der Waals surface area contributed by atoms with Crippen molar-refractivity contribution >= 4 is 61.7 Å². The molecule has 0 saturated carbocycles. The highest BCUT2D eigenvalue weighted by Crippen LogP contribution is 2.45. The molecule has 2 aromatic heterocycles. The predicted molar refractivity (Wildman–Crippen MR) is 186 cm³/mol. The summed E-state index contributed by atoms with van der Waals surface area (Å²) in [7, 11) is 1.52. The largest absolute Gasteiger partial charge is 0.503 e. The summed E-state index contributed by atoms with van der Waals surface area (Å²) in [6.07, 6.45) is 0. The van der Waals surface area contributed by atoms with Gasteiger partial charge in [0.05, 0.1) is 18.7 Å². The predicted octanol–water partition coefficient (Wildman–Crippen LogP) is 8.82. The Morgan fingerprint density at radius 2 is 1.70 bits per heavy atom. The van der Waals surface area contributed by atoms with Crippen LogP contribution in [0.25, 0.3) is 21.7 Å². The number of aliphatic hydroxyl groups excluding tert-OH is 1. The second-order valence-corrected chi connectivity index (χ2v) is 14.5. The van der Waals surface area contributed by atoms with Crippen LogP contribution in [0.2, 0.25) is 0 Å². The molecule has 1 aliphatic rings. The summed E-state index contributed by atoms with van der Waals surface area (Å²) in [5.74, 6) is -0.858. The molecule has 0 saturated heterocycles. The number of amides is 1. The molecule has 6 aromatic rings. The molecule has 3 heterocycles. The van der Waals surface area contributed by atoms with E-state index < -0.39 is 23.5 Å². The number of thioether (sulfide) groups is 1. The first-order chi connectivity index (χ1) is 22.6. The van der Waals surface area contributed by atoms with Gasteiger partial charge in [-0.1, -0.05) is 123 Å². The molecule has 0 aliphatic carbocycles. The number of ether oxygens (including phenoxy) is 1. The van der Waals surface area contributed by atoms with Crippen LogP contribution >= 0.6 is 23.1 Å². The number of carbonyl (C=O) groups is 2. The van der Waals surface area contributed by atoms with E-state index in [1.54, 1.807) is 24.3 Å². The van der Waals surface area contributed by atoms with E-state index in [2.05, 4.69) is 55.2 Å². The van der Waals surface area contributed by atoms with Crippen LogP contribution in [0, 0.1) is 0 Å². The van der Waals surface area contributed by atoms with E-state index >= 15 is 0 Å². The number of aliphatic hydroxyl groups is 1. The normalized spacial score (nSPS) is 15.3. The Kier molecular flexibility index (Phi) is 7.85. The van der Waals surface area contributed by atoms with E-state index in [0.29, 0.717) is 32.4 Å². The molecule has 1 aliphatic heterocycles. The number of Topliss-reactive ketones (excluding diaryl/α,β-unsaturated/α-hetero) is 1. The fraction of sp³-hybridized carbons (Fsp3) is 0.189. The van der Waals surface area contributed by atoms with Gasteiger partial charge in [-0.05, 0) is 45.0 Å². The lowest BCUT2D eigenvalue weighted by atomic mass is 9.85. The van der Waals surface area contributed by atoms with Crippen molar-refractivity contribution in [1.29, 1.82) is 0 Å². The van der Waals surface area contributed by atoms with Crippen LogP contribution in [0.3, 0.4) is 0 Å². The van der Waals surface area contributed by atoms with Gasteiger partial charge in [-0.2, -0.15) is 0 Å². The molecular weight excluding hydrogens is 631 g/mol. The van der Waals surface area contributed by atoms with Gasteiger partial charge in [0, 0.05) is 11.1 Å². The molecule has 0 fully saturated rings. The van der Waals surface area contributed by atoms with Gasteiger partial charge in [-0.25, -0.2) is 0 Å². The molecular formula is C37H31N3O5S2. The first kappa shape index (κ1) is 30.7. The van der Waals surface area contributed by atoms with Gasteiger partial charge in [-0.15, -0.1) is 10.2 Å². The monoisotopic (exact) mass is 661 g/mol. The van der Waals surface area contributed by atoms with Crippen LogP contribution in [0.4, 0.5) is 5.13 Å². The Morgan fingerprint density at radius 1 is 0.979 bits per heavy atom. The Morgan fingerprint density at radius 3 is 2.47 bits per heavy atom. The number of anilines is 1. The zero-order valence-electron chi connectivity index (χ0n) is 26.2. The van der Waals surface area contributed by atoms with E-state index in [-0.39, 0.29) is 21.9 Å². The Labute approximate surface area is 279 Å². The number of para-hydroxylation sites is 1. The van der Waals surface area contributed by atoms with Gasteiger partial charge < -0.3 is 14.3 Å². The number of furan rings is 1. The third-order valence-corrected chi connectivity index (χ3v) is 10.4. The molecule has 10 heteroatoms. The highest BCUT2D eigenvalue weighted by molar-refractivity contribution is 8.00. The van der Waals surface area contributed by atoms with E-state index in [0.717, 1.165) is 16.5 Å². The highest BCUT2D eigenvalue weighted by atomic mass is 32.2. The van der Waals surface area contributed by atoms with E-state index in [1.165, 1.54) is 40.5 Å². The first-order valence-corrected chi connectivity index (χ1v) is 16.9. The van der Waals surface area contributed by atoms with Crippen molar-refractivity contribution < 1.29 is 23.8 Å². The summed E-state index contributed by atoms with van der Waals surface area (Å²) in [5.41, 5.74) is 3.11. The van der Waals surface area contributed by atoms with Crippen LogP contribution in [0.1, 0.15) is 54.1 Å². The zero-order valence-corrected chi connectivity index (χ0v) is 27.8. The van der Waals surface area contributed by atoms with Crippen LogP contribution in [-0.4, -0.2) is 34.1 Å². The van der Waals surface area contributed by atoms with Crippen LogP contribution in [0.5, 0.6) is 5.75 Å². The van der Waals surface area contributed by atoms with Gasteiger partial charge in [0.1, 0.15) is 0 Å². The Balaban J connectivity index is 1.25. The Hall–Kier alpha value is -4.93. The van der Waals surface area contributed by atoms with Crippen molar-refractivity contribution in [2.24, 2.45) is 0 Å². The smallest absolute Gasteiger partial charge is 0.296 e. The van der Waals surface area contributed by atoms with Crippen molar-refractivity contribution in [3.8, 4) is 5.75 Å². The lowest BCUT2D eigenvalue weighted by Crippen LogP contribution is -2.31. The number of methoxy groups -OCH3 is 1. The molecule has 1 N–H and O–H groups in total. The van der Waals surface area contributed by atoms with Gasteiger partial charge in [0.25, 0.3) is 5.91 Å². The zero-order chi connectivity index (χ0) is 32.9. The number of hydrogen-bond donors (Lipinski definition) is 1. The van der Waals surface area contributed by atoms with Crippen molar-refractivity contribution in [3.05, 3.63) is 125 Å². The molecule has 8 nitrogen and oxygen atoms in total.